The van der Waals surface area contributed by atoms with E-state index in [9.17, 15) is 4.79 Å². The standard InChI is InChI=1S/C11H11NO2/c13-11(14)12-8-4-7-10(12)9-5-2-1-3-6-9/h1-3,5-7H,4,8H2,(H,13,14). The predicted octanol–water partition coefficient (Wildman–Crippen LogP) is 2.41. The van der Waals surface area contributed by atoms with Crippen molar-refractivity contribution in [3.63, 3.8) is 0 Å². The Bertz CT molecular complexity index is 370. The summed E-state index contributed by atoms with van der Waals surface area (Å²) in [5.74, 6) is 0. The highest BCUT2D eigenvalue weighted by Gasteiger charge is 2.21. The molecular formula is C11H11NO2. The first-order valence-electron chi connectivity index (χ1n) is 4.55. The van der Waals surface area contributed by atoms with Crippen LogP contribution in [0.4, 0.5) is 4.79 Å². The number of carbonyl (C=O) groups is 1. The SMILES string of the molecule is O=C(O)N1CCC=C1c1ccccc1. The number of rotatable bonds is 1. The van der Waals surface area contributed by atoms with Gasteiger partial charge in [-0.2, -0.15) is 0 Å². The monoisotopic (exact) mass is 189 g/mol. The third-order valence-corrected chi connectivity index (χ3v) is 2.28. The summed E-state index contributed by atoms with van der Waals surface area (Å²) in [6.07, 6.45) is 1.89. The predicted molar refractivity (Wildman–Crippen MR) is 53.8 cm³/mol. The second-order valence-corrected chi connectivity index (χ2v) is 3.18. The van der Waals surface area contributed by atoms with Crippen LogP contribution in [0.2, 0.25) is 0 Å². The molecule has 1 N–H and O–H groups in total. The van der Waals surface area contributed by atoms with Crippen LogP contribution in [0.3, 0.4) is 0 Å². The molecule has 0 fully saturated rings. The summed E-state index contributed by atoms with van der Waals surface area (Å²) in [5.41, 5.74) is 1.77. The summed E-state index contributed by atoms with van der Waals surface area (Å²) in [7, 11) is 0. The van der Waals surface area contributed by atoms with Gasteiger partial charge in [-0.15, -0.1) is 0 Å². The zero-order chi connectivity index (χ0) is 9.97. The Kier molecular flexibility index (Phi) is 2.23. The maximum atomic E-state index is 10.9. The van der Waals surface area contributed by atoms with Gasteiger partial charge in [-0.1, -0.05) is 36.4 Å². The van der Waals surface area contributed by atoms with E-state index in [1.165, 1.54) is 4.90 Å². The number of benzene rings is 1. The van der Waals surface area contributed by atoms with E-state index in [1.54, 1.807) is 0 Å². The van der Waals surface area contributed by atoms with Crippen molar-refractivity contribution in [2.75, 3.05) is 6.54 Å². The van der Waals surface area contributed by atoms with Gasteiger partial charge >= 0.3 is 6.09 Å². The Morgan fingerprint density at radius 1 is 1.29 bits per heavy atom. The summed E-state index contributed by atoms with van der Waals surface area (Å²) < 4.78 is 0. The summed E-state index contributed by atoms with van der Waals surface area (Å²) in [5, 5.41) is 8.93. The lowest BCUT2D eigenvalue weighted by atomic mass is 10.1. The fourth-order valence-electron chi connectivity index (χ4n) is 1.64. The second kappa shape index (κ2) is 3.54. The zero-order valence-electron chi connectivity index (χ0n) is 7.68. The molecular weight excluding hydrogens is 178 g/mol. The minimum Gasteiger partial charge on any atom is -0.465 e. The minimum atomic E-state index is -0.877. The lowest BCUT2D eigenvalue weighted by Crippen LogP contribution is -2.24. The van der Waals surface area contributed by atoms with E-state index in [0.717, 1.165) is 17.7 Å². The lowest BCUT2D eigenvalue weighted by Gasteiger charge is -2.16. The molecule has 0 saturated heterocycles. The van der Waals surface area contributed by atoms with Crippen LogP contribution in [0.5, 0.6) is 0 Å². The van der Waals surface area contributed by atoms with Crippen molar-refractivity contribution in [2.45, 2.75) is 6.42 Å². The molecule has 72 valence electrons. The van der Waals surface area contributed by atoms with Crippen LogP contribution in [0, 0.1) is 0 Å². The average Bonchev–Trinajstić information content (AvgIpc) is 2.67. The van der Waals surface area contributed by atoms with Gasteiger partial charge < -0.3 is 5.11 Å². The first kappa shape index (κ1) is 8.81. The molecule has 1 heterocycles. The molecule has 0 aliphatic carbocycles. The summed E-state index contributed by atoms with van der Waals surface area (Å²) in [4.78, 5) is 12.3. The smallest absolute Gasteiger partial charge is 0.411 e. The van der Waals surface area contributed by atoms with Gasteiger partial charge in [0.15, 0.2) is 0 Å². The highest BCUT2D eigenvalue weighted by Crippen LogP contribution is 2.24. The molecule has 3 nitrogen and oxygen atoms in total. The Hall–Kier alpha value is -1.77. The fraction of sp³-hybridized carbons (Fsp3) is 0.182. The number of amides is 1. The van der Waals surface area contributed by atoms with Gasteiger partial charge in [0.1, 0.15) is 0 Å². The fourth-order valence-corrected chi connectivity index (χ4v) is 1.64. The molecule has 0 unspecified atom stereocenters. The number of carboxylic acid groups (broad SMARTS) is 1. The third-order valence-electron chi connectivity index (χ3n) is 2.28. The molecule has 14 heavy (non-hydrogen) atoms. The van der Waals surface area contributed by atoms with E-state index >= 15 is 0 Å². The maximum absolute atomic E-state index is 10.9. The molecule has 1 aromatic rings. The second-order valence-electron chi connectivity index (χ2n) is 3.18. The summed E-state index contributed by atoms with van der Waals surface area (Å²) in [6, 6.07) is 9.59. The number of nitrogens with zero attached hydrogens (tertiary/aromatic N) is 1. The van der Waals surface area contributed by atoms with E-state index in [1.807, 2.05) is 36.4 Å². The van der Waals surface area contributed by atoms with Crippen molar-refractivity contribution in [3.8, 4) is 0 Å². The van der Waals surface area contributed by atoms with Crippen LogP contribution >= 0.6 is 0 Å². The third kappa shape index (κ3) is 1.48. The van der Waals surface area contributed by atoms with Gasteiger partial charge in [0.25, 0.3) is 0 Å². The summed E-state index contributed by atoms with van der Waals surface area (Å²) >= 11 is 0. The van der Waals surface area contributed by atoms with Crippen LogP contribution in [0.15, 0.2) is 36.4 Å². The van der Waals surface area contributed by atoms with Crippen molar-refractivity contribution in [2.24, 2.45) is 0 Å². The van der Waals surface area contributed by atoms with Gasteiger partial charge in [0.2, 0.25) is 0 Å². The molecule has 0 bridgehead atoms. The Morgan fingerprint density at radius 2 is 2.00 bits per heavy atom. The molecule has 1 aromatic carbocycles. The van der Waals surface area contributed by atoms with Crippen LogP contribution in [-0.4, -0.2) is 22.6 Å². The van der Waals surface area contributed by atoms with Crippen LogP contribution in [0.25, 0.3) is 5.70 Å². The van der Waals surface area contributed by atoms with E-state index in [2.05, 4.69) is 0 Å². The quantitative estimate of drug-likeness (QED) is 0.737. The minimum absolute atomic E-state index is 0.569. The first-order chi connectivity index (χ1) is 6.79. The molecule has 0 spiro atoms. The van der Waals surface area contributed by atoms with Gasteiger partial charge in [-0.25, -0.2) is 4.79 Å². The average molecular weight is 189 g/mol. The molecule has 1 aliphatic rings. The Balaban J connectivity index is 2.31. The van der Waals surface area contributed by atoms with Crippen molar-refractivity contribution in [3.05, 3.63) is 42.0 Å². The van der Waals surface area contributed by atoms with E-state index in [0.29, 0.717) is 6.54 Å². The van der Waals surface area contributed by atoms with Gasteiger partial charge in [0.05, 0.1) is 5.70 Å². The largest absolute Gasteiger partial charge is 0.465 e. The maximum Gasteiger partial charge on any atom is 0.411 e. The van der Waals surface area contributed by atoms with Gasteiger partial charge in [-0.05, 0) is 12.0 Å². The molecule has 0 radical (unpaired) electrons. The number of hydrogen-bond donors (Lipinski definition) is 1. The molecule has 3 heteroatoms. The van der Waals surface area contributed by atoms with Crippen molar-refractivity contribution in [1.29, 1.82) is 0 Å². The van der Waals surface area contributed by atoms with E-state index in [4.69, 9.17) is 5.11 Å². The van der Waals surface area contributed by atoms with E-state index < -0.39 is 6.09 Å². The molecule has 0 saturated carbocycles. The lowest BCUT2D eigenvalue weighted by molar-refractivity contribution is 0.169. The zero-order valence-corrected chi connectivity index (χ0v) is 7.68. The Morgan fingerprint density at radius 3 is 2.64 bits per heavy atom. The van der Waals surface area contributed by atoms with Crippen molar-refractivity contribution >= 4 is 11.8 Å². The normalized spacial score (nSPS) is 15.4. The summed E-state index contributed by atoms with van der Waals surface area (Å²) in [6.45, 7) is 0.569. The highest BCUT2D eigenvalue weighted by molar-refractivity contribution is 5.82. The molecule has 1 aliphatic heterocycles. The molecule has 0 atom stereocenters. The highest BCUT2D eigenvalue weighted by atomic mass is 16.4. The van der Waals surface area contributed by atoms with Crippen molar-refractivity contribution < 1.29 is 9.90 Å². The van der Waals surface area contributed by atoms with Crippen LogP contribution < -0.4 is 0 Å². The van der Waals surface area contributed by atoms with Gasteiger partial charge in [0, 0.05) is 6.54 Å². The van der Waals surface area contributed by atoms with Gasteiger partial charge in [-0.3, -0.25) is 4.90 Å². The number of hydrogen-bond acceptors (Lipinski definition) is 1. The molecule has 2 rings (SSSR count). The van der Waals surface area contributed by atoms with E-state index in [-0.39, 0.29) is 0 Å². The topological polar surface area (TPSA) is 40.5 Å². The van der Waals surface area contributed by atoms with Crippen LogP contribution in [-0.2, 0) is 0 Å². The Labute approximate surface area is 82.3 Å². The van der Waals surface area contributed by atoms with Crippen LogP contribution in [0.1, 0.15) is 12.0 Å². The first-order valence-corrected chi connectivity index (χ1v) is 4.55. The molecule has 0 aromatic heterocycles. The van der Waals surface area contributed by atoms with Crippen molar-refractivity contribution in [1.82, 2.24) is 4.90 Å². The molecule has 1 amide bonds.